The second kappa shape index (κ2) is 6.25. The molecule has 1 aromatic carbocycles. The third-order valence-corrected chi connectivity index (χ3v) is 5.14. The van der Waals surface area contributed by atoms with Crippen LogP contribution in [-0.4, -0.2) is 60.1 Å². The van der Waals surface area contributed by atoms with E-state index in [1.165, 1.54) is 11.3 Å². The Hall–Kier alpha value is -2.67. The van der Waals surface area contributed by atoms with Gasteiger partial charge in [0.25, 0.3) is 0 Å². The number of fused-ring (bicyclic) bond motifs is 2. The summed E-state index contributed by atoms with van der Waals surface area (Å²) in [6.45, 7) is 4.15. The fourth-order valence-electron chi connectivity index (χ4n) is 3.82. The van der Waals surface area contributed by atoms with Gasteiger partial charge in [0.1, 0.15) is 11.4 Å². The minimum atomic E-state index is 0.770. The normalized spacial score (nSPS) is 20.2. The molecule has 1 fully saturated rings. The molecular weight excluding hydrogens is 330 g/mol. The van der Waals surface area contributed by atoms with Crippen LogP contribution in [0, 0.1) is 0 Å². The Morgan fingerprint density at radius 1 is 1.15 bits per heavy atom. The maximum atomic E-state index is 5.86. The highest BCUT2D eigenvalue weighted by atomic mass is 16.5. The third kappa shape index (κ3) is 2.68. The van der Waals surface area contributed by atoms with Crippen molar-refractivity contribution in [2.75, 3.05) is 40.0 Å². The molecule has 5 rings (SSSR count). The quantitative estimate of drug-likeness (QED) is 0.859. The molecule has 0 radical (unpaired) electrons. The van der Waals surface area contributed by atoms with Gasteiger partial charge in [-0.25, -0.2) is 0 Å². The molecular formula is C19H23N5O2. The number of aryl methyl sites for hydroxylation is 1. The van der Waals surface area contributed by atoms with Crippen LogP contribution in [0.2, 0.25) is 0 Å². The van der Waals surface area contributed by atoms with E-state index in [2.05, 4.69) is 44.9 Å². The Morgan fingerprint density at radius 3 is 2.92 bits per heavy atom. The SMILES string of the molecule is CN1C=C(N2CCOCC2)C=C(c2n[nH]c3cc4c(cc23)OCCC4)N1. The number of ether oxygens (including phenoxy) is 2. The largest absolute Gasteiger partial charge is 0.493 e. The van der Waals surface area contributed by atoms with Crippen molar-refractivity contribution in [1.82, 2.24) is 25.5 Å². The molecule has 26 heavy (non-hydrogen) atoms. The molecule has 0 aliphatic carbocycles. The highest BCUT2D eigenvalue weighted by Gasteiger charge is 2.21. The van der Waals surface area contributed by atoms with E-state index in [1.807, 2.05) is 12.1 Å². The summed E-state index contributed by atoms with van der Waals surface area (Å²) in [4.78, 5) is 2.35. The first-order valence-corrected chi connectivity index (χ1v) is 9.18. The van der Waals surface area contributed by atoms with Crippen LogP contribution in [0.4, 0.5) is 0 Å². The van der Waals surface area contributed by atoms with E-state index in [9.17, 15) is 0 Å². The van der Waals surface area contributed by atoms with Crippen LogP contribution in [0.1, 0.15) is 17.7 Å². The van der Waals surface area contributed by atoms with Crippen LogP contribution in [0.25, 0.3) is 16.6 Å². The highest BCUT2D eigenvalue weighted by molar-refractivity contribution is 5.92. The molecule has 3 aliphatic heterocycles. The minimum absolute atomic E-state index is 0.770. The van der Waals surface area contributed by atoms with E-state index < -0.39 is 0 Å². The second-order valence-corrected chi connectivity index (χ2v) is 6.96. The number of rotatable bonds is 2. The first-order chi connectivity index (χ1) is 12.8. The number of hydrogen-bond acceptors (Lipinski definition) is 6. The van der Waals surface area contributed by atoms with Crippen LogP contribution in [0.3, 0.4) is 0 Å². The lowest BCUT2D eigenvalue weighted by atomic mass is 10.0. The first kappa shape index (κ1) is 15.6. The number of nitrogens with one attached hydrogen (secondary N) is 2. The predicted octanol–water partition coefficient (Wildman–Crippen LogP) is 1.85. The smallest absolute Gasteiger partial charge is 0.123 e. The van der Waals surface area contributed by atoms with E-state index in [0.717, 1.165) is 73.8 Å². The van der Waals surface area contributed by atoms with Gasteiger partial charge in [0.15, 0.2) is 0 Å². The molecule has 0 bridgehead atoms. The zero-order valence-electron chi connectivity index (χ0n) is 14.9. The molecule has 2 aromatic rings. The van der Waals surface area contributed by atoms with Crippen LogP contribution < -0.4 is 10.2 Å². The molecule has 0 spiro atoms. The average Bonchev–Trinajstić information content (AvgIpc) is 3.09. The molecule has 0 unspecified atom stereocenters. The Labute approximate surface area is 152 Å². The van der Waals surface area contributed by atoms with Crippen LogP contribution in [0.15, 0.2) is 30.1 Å². The van der Waals surface area contributed by atoms with Crippen molar-refractivity contribution in [1.29, 1.82) is 0 Å². The number of aromatic nitrogens is 2. The molecule has 0 saturated carbocycles. The van der Waals surface area contributed by atoms with Crippen molar-refractivity contribution < 1.29 is 9.47 Å². The first-order valence-electron chi connectivity index (χ1n) is 9.18. The van der Waals surface area contributed by atoms with Crippen molar-refractivity contribution in [3.63, 3.8) is 0 Å². The predicted molar refractivity (Wildman–Crippen MR) is 99.3 cm³/mol. The van der Waals surface area contributed by atoms with Crippen molar-refractivity contribution >= 4 is 16.6 Å². The van der Waals surface area contributed by atoms with E-state index in [0.29, 0.717) is 0 Å². The van der Waals surface area contributed by atoms with Gasteiger partial charge in [0.2, 0.25) is 0 Å². The third-order valence-electron chi connectivity index (χ3n) is 5.14. The van der Waals surface area contributed by atoms with Gasteiger partial charge in [-0.1, -0.05) is 0 Å². The lowest BCUT2D eigenvalue weighted by Crippen LogP contribution is -2.39. The van der Waals surface area contributed by atoms with Gasteiger partial charge >= 0.3 is 0 Å². The van der Waals surface area contributed by atoms with Gasteiger partial charge in [-0.3, -0.25) is 15.5 Å². The lowest BCUT2D eigenvalue weighted by molar-refractivity contribution is 0.0542. The van der Waals surface area contributed by atoms with Gasteiger partial charge in [-0.05, 0) is 36.6 Å². The fourth-order valence-corrected chi connectivity index (χ4v) is 3.82. The summed E-state index contributed by atoms with van der Waals surface area (Å²) in [6.07, 6.45) is 6.41. The van der Waals surface area contributed by atoms with Gasteiger partial charge in [-0.2, -0.15) is 5.10 Å². The molecule has 7 heteroatoms. The second-order valence-electron chi connectivity index (χ2n) is 6.96. The van der Waals surface area contributed by atoms with Gasteiger partial charge in [0, 0.05) is 31.7 Å². The highest BCUT2D eigenvalue weighted by Crippen LogP contribution is 2.33. The molecule has 7 nitrogen and oxygen atoms in total. The summed E-state index contributed by atoms with van der Waals surface area (Å²) >= 11 is 0. The zero-order chi connectivity index (χ0) is 17.5. The Bertz CT molecular complexity index is 895. The Kier molecular flexibility index (Phi) is 3.74. The summed E-state index contributed by atoms with van der Waals surface area (Å²) in [5.74, 6) is 0.986. The number of hydrogen-bond donors (Lipinski definition) is 2. The van der Waals surface area contributed by atoms with E-state index in [1.54, 1.807) is 0 Å². The number of benzene rings is 1. The fraction of sp³-hybridized carbons (Fsp3) is 0.421. The maximum Gasteiger partial charge on any atom is 0.123 e. The van der Waals surface area contributed by atoms with E-state index in [4.69, 9.17) is 9.47 Å². The summed E-state index contributed by atoms with van der Waals surface area (Å²) in [6, 6.07) is 4.30. The molecule has 4 heterocycles. The lowest BCUT2D eigenvalue weighted by Gasteiger charge is -2.34. The summed E-state index contributed by atoms with van der Waals surface area (Å²) in [5, 5.41) is 10.8. The molecule has 3 aliphatic rings. The number of nitrogens with zero attached hydrogens (tertiary/aromatic N) is 3. The Morgan fingerprint density at radius 2 is 2.04 bits per heavy atom. The number of H-pyrrole nitrogens is 1. The van der Waals surface area contributed by atoms with Crippen molar-refractivity contribution in [3.05, 3.63) is 41.4 Å². The topological polar surface area (TPSA) is 65.7 Å². The van der Waals surface area contributed by atoms with Gasteiger partial charge < -0.3 is 14.4 Å². The summed E-state index contributed by atoms with van der Waals surface area (Å²) in [7, 11) is 2.01. The molecule has 1 saturated heterocycles. The molecule has 1 aromatic heterocycles. The van der Waals surface area contributed by atoms with Crippen molar-refractivity contribution in [3.8, 4) is 5.75 Å². The average molecular weight is 353 g/mol. The molecule has 2 N–H and O–H groups in total. The van der Waals surface area contributed by atoms with Gasteiger partial charge in [0.05, 0.1) is 36.7 Å². The van der Waals surface area contributed by atoms with Crippen LogP contribution in [0.5, 0.6) is 5.75 Å². The minimum Gasteiger partial charge on any atom is -0.493 e. The standard InChI is InChI=1S/C19H23N5O2/c1-23-12-14(24-4-7-25-8-5-24)10-17(22-23)19-15-11-18-13(3-2-6-26-18)9-16(15)20-21-19/h9-12,22H,2-8H2,1H3,(H,20,21). The zero-order valence-corrected chi connectivity index (χ0v) is 14.9. The Balaban J connectivity index is 1.54. The number of aromatic amines is 1. The molecule has 0 amide bonds. The molecule has 136 valence electrons. The van der Waals surface area contributed by atoms with Crippen LogP contribution >= 0.6 is 0 Å². The van der Waals surface area contributed by atoms with E-state index in [-0.39, 0.29) is 0 Å². The van der Waals surface area contributed by atoms with Gasteiger partial charge in [-0.15, -0.1) is 0 Å². The van der Waals surface area contributed by atoms with Crippen molar-refractivity contribution in [2.24, 2.45) is 0 Å². The van der Waals surface area contributed by atoms with Crippen molar-refractivity contribution in [2.45, 2.75) is 12.8 Å². The maximum absolute atomic E-state index is 5.86. The monoisotopic (exact) mass is 353 g/mol. The number of hydrazine groups is 1. The summed E-state index contributed by atoms with van der Waals surface area (Å²) < 4.78 is 11.3. The number of morpholine rings is 1. The number of allylic oxidation sites excluding steroid dienone is 1. The van der Waals surface area contributed by atoms with E-state index >= 15 is 0 Å². The molecule has 0 atom stereocenters. The van der Waals surface area contributed by atoms with Crippen LogP contribution in [-0.2, 0) is 11.2 Å². The summed E-state index contributed by atoms with van der Waals surface area (Å²) in [5.41, 5.74) is 8.79.